The third kappa shape index (κ3) is 9.16. The summed E-state index contributed by atoms with van der Waals surface area (Å²) in [5.74, 6) is 0.956. The molecule has 0 bridgehead atoms. The van der Waals surface area contributed by atoms with Crippen molar-refractivity contribution in [1.29, 1.82) is 0 Å². The number of likely N-dealkylation sites (N-methyl/N-ethyl adjacent to an activating group) is 1. The van der Waals surface area contributed by atoms with Crippen LogP contribution in [0.3, 0.4) is 0 Å². The molecule has 0 aromatic heterocycles. The third-order valence-electron chi connectivity index (χ3n) is 6.61. The van der Waals surface area contributed by atoms with Crippen LogP contribution >= 0.6 is 11.8 Å². The number of hydrogen-bond acceptors (Lipinski definition) is 4. The molecule has 0 radical (unpaired) electrons. The number of benzene rings is 2. The van der Waals surface area contributed by atoms with E-state index in [-0.39, 0.29) is 12.1 Å². The van der Waals surface area contributed by atoms with Gasteiger partial charge in [0.2, 0.25) is 0 Å². The number of carbonyl (C=O) groups excluding carboxylic acids is 1. The van der Waals surface area contributed by atoms with Gasteiger partial charge < -0.3 is 9.64 Å². The van der Waals surface area contributed by atoms with E-state index in [2.05, 4.69) is 73.5 Å². The minimum absolute atomic E-state index is 0.0502. The maximum Gasteiger partial charge on any atom is 0.306 e. The highest BCUT2D eigenvalue weighted by atomic mass is 32.2. The Balaban J connectivity index is 1.45. The Kier molecular flexibility index (Phi) is 11.9. The molecular weight excluding hydrogens is 450 g/mol. The predicted molar refractivity (Wildman–Crippen MR) is 150 cm³/mol. The molecule has 35 heavy (non-hydrogen) atoms. The molecule has 1 heterocycles. The van der Waals surface area contributed by atoms with Crippen molar-refractivity contribution in [3.8, 4) is 0 Å². The Hall–Kier alpha value is -2.04. The van der Waals surface area contributed by atoms with Crippen molar-refractivity contribution in [3.63, 3.8) is 0 Å². The first-order chi connectivity index (χ1) is 17.1. The van der Waals surface area contributed by atoms with Crippen molar-refractivity contribution in [3.05, 3.63) is 71.3 Å². The number of fused-ring (bicyclic) bond motifs is 2. The molecule has 0 amide bonds. The lowest BCUT2D eigenvalue weighted by atomic mass is 9.93. The van der Waals surface area contributed by atoms with Crippen LogP contribution in [0, 0.1) is 0 Å². The molecular formula is C31H43NO2S. The summed E-state index contributed by atoms with van der Waals surface area (Å²) in [5.41, 5.74) is 5.41. The second-order valence-electron chi connectivity index (χ2n) is 9.78. The first-order valence-corrected chi connectivity index (χ1v) is 14.5. The Labute approximate surface area is 217 Å². The topological polar surface area (TPSA) is 29.5 Å². The molecule has 0 spiro atoms. The smallest absolute Gasteiger partial charge is 0.306 e. The largest absolute Gasteiger partial charge is 0.461 e. The van der Waals surface area contributed by atoms with Crippen LogP contribution in [0.1, 0.15) is 88.3 Å². The van der Waals surface area contributed by atoms with Gasteiger partial charge in [-0.3, -0.25) is 4.79 Å². The fraction of sp³-hybridized carbons (Fsp3) is 0.516. The molecule has 1 aliphatic heterocycles. The maximum atomic E-state index is 12.2. The van der Waals surface area contributed by atoms with Crippen LogP contribution in [0.4, 0.5) is 0 Å². The quantitative estimate of drug-likeness (QED) is 0.196. The van der Waals surface area contributed by atoms with E-state index in [0.717, 1.165) is 38.1 Å². The zero-order chi connectivity index (χ0) is 24.9. The van der Waals surface area contributed by atoms with E-state index < -0.39 is 0 Å². The lowest BCUT2D eigenvalue weighted by Crippen LogP contribution is -2.31. The van der Waals surface area contributed by atoms with Crippen LogP contribution < -0.4 is 0 Å². The molecule has 2 aromatic rings. The third-order valence-corrected chi connectivity index (χ3v) is 7.74. The van der Waals surface area contributed by atoms with Gasteiger partial charge in [0, 0.05) is 30.2 Å². The molecule has 0 N–H and O–H groups in total. The monoisotopic (exact) mass is 493 g/mol. The highest BCUT2D eigenvalue weighted by Crippen LogP contribution is 2.40. The van der Waals surface area contributed by atoms with Crippen LogP contribution in [-0.2, 0) is 15.3 Å². The van der Waals surface area contributed by atoms with Gasteiger partial charge in [0.15, 0.2) is 0 Å². The first-order valence-electron chi connectivity index (χ1n) is 13.5. The lowest BCUT2D eigenvalue weighted by molar-refractivity contribution is -0.149. The molecule has 0 unspecified atom stereocenters. The number of nitrogens with zero attached hydrogens (tertiary/aromatic N) is 1. The molecule has 0 saturated heterocycles. The molecule has 4 heteroatoms. The fourth-order valence-corrected chi connectivity index (χ4v) is 5.82. The highest BCUT2D eigenvalue weighted by Gasteiger charge is 2.18. The number of unbranched alkanes of at least 4 members (excludes halogenated alkanes) is 6. The zero-order valence-corrected chi connectivity index (χ0v) is 22.7. The van der Waals surface area contributed by atoms with Gasteiger partial charge >= 0.3 is 5.97 Å². The van der Waals surface area contributed by atoms with Crippen LogP contribution in [0.5, 0.6) is 0 Å². The van der Waals surface area contributed by atoms with Crippen molar-refractivity contribution in [2.45, 2.75) is 88.4 Å². The van der Waals surface area contributed by atoms with Crippen molar-refractivity contribution >= 4 is 23.3 Å². The number of thioether (sulfide) groups is 1. The number of rotatable bonds is 14. The maximum absolute atomic E-state index is 12.2. The van der Waals surface area contributed by atoms with Crippen molar-refractivity contribution in [2.75, 3.05) is 20.1 Å². The highest BCUT2D eigenvalue weighted by molar-refractivity contribution is 7.98. The van der Waals surface area contributed by atoms with E-state index in [1.807, 2.05) is 18.7 Å². The molecule has 3 nitrogen and oxygen atoms in total. The molecule has 1 aliphatic rings. The summed E-state index contributed by atoms with van der Waals surface area (Å²) in [6.07, 6.45) is 12.3. The molecule has 2 aromatic carbocycles. The lowest BCUT2D eigenvalue weighted by Gasteiger charge is -2.21. The molecule has 1 atom stereocenters. The van der Waals surface area contributed by atoms with Crippen molar-refractivity contribution in [2.24, 2.45) is 0 Å². The average molecular weight is 494 g/mol. The van der Waals surface area contributed by atoms with E-state index in [0.29, 0.717) is 6.42 Å². The second kappa shape index (κ2) is 15.2. The standard InChI is InChI=1S/C31H43NO2S/c1-4-5-6-7-8-9-10-21-31(33)34-25(2)23-32(3)22-15-19-28-27-17-12-11-16-26(27)24-35-30-20-14-13-18-29(28)30/h11-14,16-20,25H,4-10,15,21-24H2,1-3H3/b28-19+/t25-/m1/s1. The molecule has 3 rings (SSSR count). The minimum atomic E-state index is -0.0829. The average Bonchev–Trinajstić information content (AvgIpc) is 3.00. The van der Waals surface area contributed by atoms with Crippen LogP contribution in [0.25, 0.3) is 5.57 Å². The predicted octanol–water partition coefficient (Wildman–Crippen LogP) is 8.12. The van der Waals surface area contributed by atoms with Gasteiger partial charge in [-0.05, 0) is 55.1 Å². The van der Waals surface area contributed by atoms with Gasteiger partial charge in [-0.2, -0.15) is 0 Å². The summed E-state index contributed by atoms with van der Waals surface area (Å²) in [7, 11) is 2.12. The Morgan fingerprint density at radius 3 is 2.49 bits per heavy atom. The Morgan fingerprint density at radius 2 is 1.69 bits per heavy atom. The fourth-order valence-electron chi connectivity index (χ4n) is 4.75. The summed E-state index contributed by atoms with van der Waals surface area (Å²) in [5, 5.41) is 0. The molecule has 190 valence electrons. The van der Waals surface area contributed by atoms with E-state index in [4.69, 9.17) is 4.74 Å². The van der Waals surface area contributed by atoms with Crippen molar-refractivity contribution in [1.82, 2.24) is 4.90 Å². The van der Waals surface area contributed by atoms with E-state index in [1.165, 1.54) is 59.3 Å². The number of ether oxygens (including phenoxy) is 1. The van der Waals surface area contributed by atoms with E-state index >= 15 is 0 Å². The van der Waals surface area contributed by atoms with Crippen molar-refractivity contribution < 1.29 is 9.53 Å². The van der Waals surface area contributed by atoms with Gasteiger partial charge in [0.1, 0.15) is 6.10 Å². The molecule has 0 saturated carbocycles. The number of esters is 1. The summed E-state index contributed by atoms with van der Waals surface area (Å²) in [6, 6.07) is 17.5. The van der Waals surface area contributed by atoms with E-state index in [1.54, 1.807) is 0 Å². The minimum Gasteiger partial charge on any atom is -0.461 e. The summed E-state index contributed by atoms with van der Waals surface area (Å²) >= 11 is 1.92. The van der Waals surface area contributed by atoms with E-state index in [9.17, 15) is 4.79 Å². The summed E-state index contributed by atoms with van der Waals surface area (Å²) < 4.78 is 5.67. The van der Waals surface area contributed by atoms with Crippen LogP contribution in [0.15, 0.2) is 59.5 Å². The zero-order valence-electron chi connectivity index (χ0n) is 21.9. The summed E-state index contributed by atoms with van der Waals surface area (Å²) in [6.45, 7) is 5.93. The molecule has 0 fully saturated rings. The first kappa shape index (κ1) is 27.5. The van der Waals surface area contributed by atoms with Gasteiger partial charge in [-0.25, -0.2) is 0 Å². The van der Waals surface area contributed by atoms with Crippen LogP contribution in [0.2, 0.25) is 0 Å². The Bertz CT molecular complexity index is 905. The molecule has 0 aliphatic carbocycles. The van der Waals surface area contributed by atoms with Gasteiger partial charge in [0.05, 0.1) is 0 Å². The SMILES string of the molecule is CCCCCCCCCC(=O)O[C@H](C)CN(C)CC/C=C1\c2ccccc2CSc2ccccc21. The summed E-state index contributed by atoms with van der Waals surface area (Å²) in [4.78, 5) is 15.8. The number of hydrogen-bond donors (Lipinski definition) is 0. The van der Waals surface area contributed by atoms with Crippen LogP contribution in [-0.4, -0.2) is 37.1 Å². The van der Waals surface area contributed by atoms with Gasteiger partial charge in [-0.15, -0.1) is 11.8 Å². The van der Waals surface area contributed by atoms with Gasteiger partial charge in [-0.1, -0.05) is 94.0 Å². The number of carbonyl (C=O) groups is 1. The van der Waals surface area contributed by atoms with Gasteiger partial charge in [0.25, 0.3) is 0 Å². The Morgan fingerprint density at radius 1 is 1.00 bits per heavy atom. The second-order valence-corrected chi connectivity index (χ2v) is 10.8. The normalized spacial score (nSPS) is 14.9.